The van der Waals surface area contributed by atoms with Gasteiger partial charge in [-0.2, -0.15) is 5.10 Å². The molecule has 0 spiro atoms. The summed E-state index contributed by atoms with van der Waals surface area (Å²) in [5.41, 5.74) is 2.35. The van der Waals surface area contributed by atoms with Crippen LogP contribution in [0.3, 0.4) is 0 Å². The van der Waals surface area contributed by atoms with Gasteiger partial charge in [-0.15, -0.1) is 0 Å². The predicted octanol–water partition coefficient (Wildman–Crippen LogP) is 1.89. The van der Waals surface area contributed by atoms with E-state index in [0.29, 0.717) is 6.04 Å². The molecule has 0 radical (unpaired) electrons. The second-order valence-electron chi connectivity index (χ2n) is 4.60. The summed E-state index contributed by atoms with van der Waals surface area (Å²) in [7, 11) is 0. The van der Waals surface area contributed by atoms with Crippen LogP contribution in [0, 0.1) is 0 Å². The smallest absolute Gasteiger partial charge is 0.0725 e. The van der Waals surface area contributed by atoms with E-state index in [-0.39, 0.29) is 0 Å². The van der Waals surface area contributed by atoms with E-state index in [1.165, 1.54) is 5.69 Å². The number of H-pyrrole nitrogens is 1. The summed E-state index contributed by atoms with van der Waals surface area (Å²) in [6.07, 6.45) is 9.72. The molecule has 94 valence electrons. The van der Waals surface area contributed by atoms with Crippen LogP contribution in [0.5, 0.6) is 0 Å². The molecule has 1 fully saturated rings. The van der Waals surface area contributed by atoms with Gasteiger partial charge in [0, 0.05) is 43.4 Å². The van der Waals surface area contributed by atoms with Gasteiger partial charge < -0.3 is 10.2 Å². The van der Waals surface area contributed by atoms with Crippen molar-refractivity contribution in [3.8, 4) is 0 Å². The van der Waals surface area contributed by atoms with Crippen LogP contribution < -0.4 is 10.2 Å². The van der Waals surface area contributed by atoms with Gasteiger partial charge in [-0.3, -0.25) is 10.1 Å². The van der Waals surface area contributed by atoms with E-state index in [0.717, 1.165) is 31.6 Å². The molecule has 3 heterocycles. The normalized spacial score (nSPS) is 16.8. The Morgan fingerprint density at radius 2 is 2.00 bits per heavy atom. The average Bonchev–Trinajstić information content (AvgIpc) is 2.94. The fourth-order valence-corrected chi connectivity index (χ4v) is 2.40. The fraction of sp³-hybridized carbons (Fsp3) is 0.385. The molecule has 5 heteroatoms. The Kier molecular flexibility index (Phi) is 3.12. The summed E-state index contributed by atoms with van der Waals surface area (Å²) in [5.74, 6) is 0. The highest BCUT2D eigenvalue weighted by molar-refractivity contribution is 5.46. The number of aromatic amines is 1. The number of pyridine rings is 1. The number of aromatic nitrogens is 3. The molecular weight excluding hydrogens is 226 g/mol. The summed E-state index contributed by atoms with van der Waals surface area (Å²) < 4.78 is 0. The number of nitrogens with zero attached hydrogens (tertiary/aromatic N) is 3. The second-order valence-corrected chi connectivity index (χ2v) is 4.60. The number of hydrogen-bond acceptors (Lipinski definition) is 4. The monoisotopic (exact) mass is 243 g/mol. The van der Waals surface area contributed by atoms with Crippen LogP contribution in [0.1, 0.15) is 12.8 Å². The zero-order chi connectivity index (χ0) is 12.2. The minimum Gasteiger partial charge on any atom is -0.380 e. The Morgan fingerprint density at radius 3 is 2.67 bits per heavy atom. The molecule has 0 amide bonds. The van der Waals surface area contributed by atoms with E-state index >= 15 is 0 Å². The Balaban J connectivity index is 1.55. The summed E-state index contributed by atoms with van der Waals surface area (Å²) >= 11 is 0. The number of anilines is 2. The van der Waals surface area contributed by atoms with E-state index in [1.807, 2.05) is 24.8 Å². The van der Waals surface area contributed by atoms with Crippen molar-refractivity contribution in [2.24, 2.45) is 0 Å². The molecule has 0 bridgehead atoms. The predicted molar refractivity (Wildman–Crippen MR) is 71.7 cm³/mol. The van der Waals surface area contributed by atoms with Gasteiger partial charge in [-0.25, -0.2) is 0 Å². The lowest BCUT2D eigenvalue weighted by atomic mass is 10.0. The Labute approximate surface area is 106 Å². The van der Waals surface area contributed by atoms with Crippen LogP contribution in [0.15, 0.2) is 36.9 Å². The van der Waals surface area contributed by atoms with Gasteiger partial charge in [0.15, 0.2) is 0 Å². The third kappa shape index (κ3) is 2.45. The topological polar surface area (TPSA) is 56.8 Å². The number of piperidine rings is 1. The lowest BCUT2D eigenvalue weighted by Gasteiger charge is -2.34. The Morgan fingerprint density at radius 1 is 1.22 bits per heavy atom. The van der Waals surface area contributed by atoms with Crippen molar-refractivity contribution in [2.75, 3.05) is 23.3 Å². The van der Waals surface area contributed by atoms with Crippen LogP contribution in [0.25, 0.3) is 0 Å². The van der Waals surface area contributed by atoms with Crippen molar-refractivity contribution in [2.45, 2.75) is 18.9 Å². The molecular formula is C13H17N5. The number of hydrogen-bond donors (Lipinski definition) is 2. The van der Waals surface area contributed by atoms with E-state index in [4.69, 9.17) is 0 Å². The highest BCUT2D eigenvalue weighted by atomic mass is 15.2. The van der Waals surface area contributed by atoms with Crippen LogP contribution in [0.4, 0.5) is 11.4 Å². The maximum absolute atomic E-state index is 4.06. The van der Waals surface area contributed by atoms with E-state index in [2.05, 4.69) is 37.5 Å². The fourth-order valence-electron chi connectivity index (χ4n) is 2.40. The standard InChI is InChI=1S/C13H17N5/c1-5-14-6-2-13(1)18-7-3-11(4-8-18)17-12-9-15-16-10-12/h1-2,5-6,9-11,17H,3-4,7-8H2,(H,15,16). The minimum atomic E-state index is 0.542. The molecule has 1 aliphatic heterocycles. The summed E-state index contributed by atoms with van der Waals surface area (Å²) in [6.45, 7) is 2.17. The third-order valence-electron chi connectivity index (χ3n) is 3.39. The van der Waals surface area contributed by atoms with Crippen molar-refractivity contribution in [3.05, 3.63) is 36.9 Å². The van der Waals surface area contributed by atoms with Gasteiger partial charge >= 0.3 is 0 Å². The van der Waals surface area contributed by atoms with Gasteiger partial charge in [0.25, 0.3) is 0 Å². The highest BCUT2D eigenvalue weighted by Gasteiger charge is 2.19. The van der Waals surface area contributed by atoms with Crippen molar-refractivity contribution in [1.29, 1.82) is 0 Å². The van der Waals surface area contributed by atoms with Gasteiger partial charge in [-0.05, 0) is 25.0 Å². The molecule has 2 N–H and O–H groups in total. The molecule has 0 saturated carbocycles. The first-order valence-electron chi connectivity index (χ1n) is 6.32. The Bertz CT molecular complexity index is 459. The summed E-state index contributed by atoms with van der Waals surface area (Å²) in [6, 6.07) is 4.69. The van der Waals surface area contributed by atoms with Crippen molar-refractivity contribution in [3.63, 3.8) is 0 Å². The molecule has 1 saturated heterocycles. The lowest BCUT2D eigenvalue weighted by Crippen LogP contribution is -2.39. The summed E-state index contributed by atoms with van der Waals surface area (Å²) in [4.78, 5) is 6.47. The SMILES string of the molecule is c1cc(N2CCC(Nc3cn[nH]c3)CC2)ccn1. The zero-order valence-electron chi connectivity index (χ0n) is 10.2. The maximum atomic E-state index is 4.06. The molecule has 0 unspecified atom stereocenters. The molecule has 2 aromatic heterocycles. The number of rotatable bonds is 3. The van der Waals surface area contributed by atoms with Crippen LogP contribution >= 0.6 is 0 Å². The minimum absolute atomic E-state index is 0.542. The molecule has 5 nitrogen and oxygen atoms in total. The van der Waals surface area contributed by atoms with Gasteiger partial charge in [-0.1, -0.05) is 0 Å². The van der Waals surface area contributed by atoms with Crippen molar-refractivity contribution in [1.82, 2.24) is 15.2 Å². The molecule has 2 aromatic rings. The van der Waals surface area contributed by atoms with Crippen LogP contribution in [0.2, 0.25) is 0 Å². The number of nitrogens with one attached hydrogen (secondary N) is 2. The molecule has 0 atom stereocenters. The van der Waals surface area contributed by atoms with Gasteiger partial charge in [0.05, 0.1) is 11.9 Å². The molecule has 3 rings (SSSR count). The first-order chi connectivity index (χ1) is 8.92. The second kappa shape index (κ2) is 5.08. The molecule has 18 heavy (non-hydrogen) atoms. The molecule has 0 aliphatic carbocycles. The average molecular weight is 243 g/mol. The van der Waals surface area contributed by atoms with Gasteiger partial charge in [0.1, 0.15) is 0 Å². The molecule has 1 aliphatic rings. The van der Waals surface area contributed by atoms with Gasteiger partial charge in [0.2, 0.25) is 0 Å². The quantitative estimate of drug-likeness (QED) is 0.864. The largest absolute Gasteiger partial charge is 0.380 e. The first kappa shape index (κ1) is 11.1. The van der Waals surface area contributed by atoms with Crippen LogP contribution in [-0.2, 0) is 0 Å². The Hall–Kier alpha value is -2.04. The molecule has 0 aromatic carbocycles. The maximum Gasteiger partial charge on any atom is 0.0725 e. The summed E-state index contributed by atoms with van der Waals surface area (Å²) in [5, 5.41) is 10.3. The zero-order valence-corrected chi connectivity index (χ0v) is 10.2. The van der Waals surface area contributed by atoms with Crippen LogP contribution in [-0.4, -0.2) is 34.3 Å². The van der Waals surface area contributed by atoms with Crippen molar-refractivity contribution < 1.29 is 0 Å². The highest BCUT2D eigenvalue weighted by Crippen LogP contribution is 2.20. The third-order valence-corrected chi connectivity index (χ3v) is 3.39. The first-order valence-corrected chi connectivity index (χ1v) is 6.32. The van der Waals surface area contributed by atoms with E-state index in [9.17, 15) is 0 Å². The van der Waals surface area contributed by atoms with E-state index < -0.39 is 0 Å². The van der Waals surface area contributed by atoms with Crippen molar-refractivity contribution >= 4 is 11.4 Å². The van der Waals surface area contributed by atoms with E-state index in [1.54, 1.807) is 0 Å². The lowest BCUT2D eigenvalue weighted by molar-refractivity contribution is 0.526.